The fraction of sp³-hybridized carbons (Fsp3) is 0. The van der Waals surface area contributed by atoms with Crippen molar-refractivity contribution in [2.24, 2.45) is 0 Å². The molecule has 26 valence electrons. The van der Waals surface area contributed by atoms with E-state index in [0.717, 1.165) is 0 Å². The van der Waals surface area contributed by atoms with Crippen molar-refractivity contribution in [2.45, 2.75) is 0 Å². The van der Waals surface area contributed by atoms with Crippen LogP contribution in [-0.4, -0.2) is 62.8 Å². The van der Waals surface area contributed by atoms with Crippen molar-refractivity contribution in [3.05, 3.63) is 0 Å². The molecule has 0 heterocycles. The second kappa shape index (κ2) is 9.46. The SMILES string of the molecule is O=C([O-])[O-].[Ca+2].[LiH]. The van der Waals surface area contributed by atoms with Gasteiger partial charge in [0.25, 0.3) is 0 Å². The van der Waals surface area contributed by atoms with Crippen molar-refractivity contribution in [2.75, 3.05) is 0 Å². The Morgan fingerprint density at radius 2 is 1.33 bits per heavy atom. The first kappa shape index (κ1) is 15.7. The van der Waals surface area contributed by atoms with Gasteiger partial charge in [-0.25, -0.2) is 0 Å². The average molecular weight is 108 g/mol. The predicted octanol–water partition coefficient (Wildman–Crippen LogP) is -3.48. The number of carboxylic acid groups (broad SMARTS) is 2. The molecule has 0 saturated carbocycles. The molecule has 3 nitrogen and oxygen atoms in total. The summed E-state index contributed by atoms with van der Waals surface area (Å²) in [7, 11) is 0. The molecular formula is CHCaLiO3. The van der Waals surface area contributed by atoms with Crippen molar-refractivity contribution >= 4 is 62.8 Å². The van der Waals surface area contributed by atoms with Crippen LogP contribution in [0.1, 0.15) is 0 Å². The van der Waals surface area contributed by atoms with Crippen LogP contribution in [0.25, 0.3) is 0 Å². The minimum absolute atomic E-state index is 0. The van der Waals surface area contributed by atoms with Gasteiger partial charge in [-0.3, -0.25) is 0 Å². The van der Waals surface area contributed by atoms with Crippen molar-refractivity contribution in [3.63, 3.8) is 0 Å². The van der Waals surface area contributed by atoms with Gasteiger partial charge in [0, 0.05) is 0 Å². The molecule has 0 saturated heterocycles. The molecule has 0 fully saturated rings. The summed E-state index contributed by atoms with van der Waals surface area (Å²) in [5.41, 5.74) is 0. The first-order valence-corrected chi connectivity index (χ1v) is 0.612. The molecule has 0 spiro atoms. The van der Waals surface area contributed by atoms with E-state index >= 15 is 0 Å². The van der Waals surface area contributed by atoms with E-state index < -0.39 is 6.16 Å². The van der Waals surface area contributed by atoms with E-state index in [1.165, 1.54) is 0 Å². The number of hydrogen-bond donors (Lipinski definition) is 0. The van der Waals surface area contributed by atoms with Gasteiger partial charge in [0.2, 0.25) is 0 Å². The molecule has 0 aliphatic rings. The van der Waals surface area contributed by atoms with Gasteiger partial charge >= 0.3 is 56.6 Å². The van der Waals surface area contributed by atoms with E-state index in [0.29, 0.717) is 0 Å². The second-order valence-electron chi connectivity index (χ2n) is 0.250. The van der Waals surface area contributed by atoms with Crippen LogP contribution >= 0.6 is 0 Å². The number of carbonyl (C=O) groups excluding carboxylic acids is 1. The van der Waals surface area contributed by atoms with Gasteiger partial charge < -0.3 is 15.0 Å². The van der Waals surface area contributed by atoms with E-state index in [1.807, 2.05) is 0 Å². The zero-order chi connectivity index (χ0) is 3.58. The Balaban J connectivity index is -0.0000000450. The fourth-order valence-corrected chi connectivity index (χ4v) is 0. The van der Waals surface area contributed by atoms with Crippen LogP contribution < -0.4 is 10.2 Å². The van der Waals surface area contributed by atoms with Gasteiger partial charge in [0.1, 0.15) is 0 Å². The molecular weight excluding hydrogens is 107 g/mol. The van der Waals surface area contributed by atoms with Crippen LogP contribution in [0.5, 0.6) is 0 Å². The summed E-state index contributed by atoms with van der Waals surface area (Å²) in [4.78, 5) is 8.33. The summed E-state index contributed by atoms with van der Waals surface area (Å²) in [6, 6.07) is 0. The third-order valence-corrected chi connectivity index (χ3v) is 0. The van der Waals surface area contributed by atoms with Crippen LogP contribution in [0.2, 0.25) is 0 Å². The van der Waals surface area contributed by atoms with Crippen LogP contribution in [0.4, 0.5) is 4.79 Å². The normalized spacial score (nSPS) is 4.00. The van der Waals surface area contributed by atoms with Gasteiger partial charge in [-0.15, -0.1) is 0 Å². The van der Waals surface area contributed by atoms with E-state index in [2.05, 4.69) is 0 Å². The summed E-state index contributed by atoms with van der Waals surface area (Å²) in [6.07, 6.45) is -2.33. The van der Waals surface area contributed by atoms with Crippen molar-refractivity contribution in [1.29, 1.82) is 0 Å². The Bertz CT molecular complexity index is 33.8. The van der Waals surface area contributed by atoms with Crippen LogP contribution in [0.3, 0.4) is 0 Å². The molecule has 0 radical (unpaired) electrons. The van der Waals surface area contributed by atoms with E-state index in [-0.39, 0.29) is 56.6 Å². The Kier molecular flexibility index (Phi) is 24.8. The zero-order valence-electron chi connectivity index (χ0n) is 2.43. The maximum absolute atomic E-state index is 8.33. The van der Waals surface area contributed by atoms with Gasteiger partial charge in [0.05, 0.1) is 0 Å². The molecule has 0 aromatic heterocycles. The van der Waals surface area contributed by atoms with Crippen molar-refractivity contribution < 1.29 is 15.0 Å². The predicted molar refractivity (Wildman–Crippen MR) is 18.3 cm³/mol. The third kappa shape index (κ3) is 68.7. The average Bonchev–Trinajstić information content (AvgIpc) is 0.811. The molecule has 0 amide bonds. The Morgan fingerprint density at radius 3 is 1.33 bits per heavy atom. The minimum atomic E-state index is -2.33. The summed E-state index contributed by atoms with van der Waals surface area (Å²) >= 11 is 0. The second-order valence-corrected chi connectivity index (χ2v) is 0.250. The monoisotopic (exact) mass is 108 g/mol. The first-order valence-electron chi connectivity index (χ1n) is 0.612. The summed E-state index contributed by atoms with van der Waals surface area (Å²) in [5, 5.41) is 16.7. The summed E-state index contributed by atoms with van der Waals surface area (Å²) in [6.45, 7) is 0. The molecule has 0 bridgehead atoms. The molecule has 0 rings (SSSR count). The number of rotatable bonds is 0. The summed E-state index contributed by atoms with van der Waals surface area (Å²) in [5.74, 6) is 0. The van der Waals surface area contributed by atoms with Crippen molar-refractivity contribution in [1.82, 2.24) is 0 Å². The fourth-order valence-electron chi connectivity index (χ4n) is 0. The third-order valence-electron chi connectivity index (χ3n) is 0. The molecule has 0 unspecified atom stereocenters. The molecule has 0 aliphatic carbocycles. The zero-order valence-corrected chi connectivity index (χ0v) is 4.64. The standard InChI is InChI=1S/CH2O3.Ca.Li.H/c2-1(3)4;;;/h(H2,2,3,4);;;/q;+2;;/p-2. The quantitative estimate of drug-likeness (QED) is 0.303. The molecule has 0 N–H and O–H groups in total. The van der Waals surface area contributed by atoms with E-state index in [4.69, 9.17) is 15.0 Å². The molecule has 0 atom stereocenters. The molecule has 0 aliphatic heterocycles. The Labute approximate surface area is 76.9 Å². The molecule has 5 heteroatoms. The van der Waals surface area contributed by atoms with Crippen LogP contribution in [0.15, 0.2) is 0 Å². The number of hydrogen-bond acceptors (Lipinski definition) is 3. The topological polar surface area (TPSA) is 63.2 Å². The van der Waals surface area contributed by atoms with Crippen molar-refractivity contribution in [3.8, 4) is 0 Å². The van der Waals surface area contributed by atoms with Gasteiger partial charge in [0.15, 0.2) is 0 Å². The van der Waals surface area contributed by atoms with E-state index in [1.54, 1.807) is 0 Å². The molecule has 0 aromatic rings. The molecule has 6 heavy (non-hydrogen) atoms. The van der Waals surface area contributed by atoms with Crippen LogP contribution in [-0.2, 0) is 0 Å². The molecule has 0 aromatic carbocycles. The number of carbonyl (C=O) groups is 1. The Hall–Kier alpha value is 1.13. The van der Waals surface area contributed by atoms with Gasteiger partial charge in [-0.05, 0) is 6.16 Å². The maximum atomic E-state index is 8.33. The van der Waals surface area contributed by atoms with Gasteiger partial charge in [-0.2, -0.15) is 0 Å². The Morgan fingerprint density at radius 1 is 1.33 bits per heavy atom. The van der Waals surface area contributed by atoms with E-state index in [9.17, 15) is 0 Å². The summed E-state index contributed by atoms with van der Waals surface area (Å²) < 4.78 is 0. The first-order chi connectivity index (χ1) is 1.73. The van der Waals surface area contributed by atoms with Crippen LogP contribution in [0, 0.1) is 0 Å². The van der Waals surface area contributed by atoms with Gasteiger partial charge in [-0.1, -0.05) is 0 Å².